The van der Waals surface area contributed by atoms with Crippen molar-refractivity contribution >= 4 is 11.3 Å². The first kappa shape index (κ1) is 11.9. The fraction of sp³-hybridized carbons (Fsp3) is 0.538. The highest BCUT2D eigenvalue weighted by Gasteiger charge is 2.33. The molecule has 0 unspecified atom stereocenters. The van der Waals surface area contributed by atoms with Gasteiger partial charge in [0.1, 0.15) is 0 Å². The topological polar surface area (TPSA) is 42.2 Å². The lowest BCUT2D eigenvalue weighted by atomic mass is 10.1. The van der Waals surface area contributed by atoms with Crippen molar-refractivity contribution in [3.63, 3.8) is 0 Å². The van der Waals surface area contributed by atoms with E-state index in [1.54, 1.807) is 0 Å². The molecule has 0 amide bonds. The Hall–Kier alpha value is -1.20. The first-order valence-corrected chi connectivity index (χ1v) is 7.23. The number of hydrogen-bond donors (Lipinski definition) is 0. The molecule has 3 rings (SSSR count). The Balaban J connectivity index is 1.82. The molecule has 18 heavy (non-hydrogen) atoms. The summed E-state index contributed by atoms with van der Waals surface area (Å²) in [7, 11) is 0. The number of hydrogen-bond acceptors (Lipinski definition) is 5. The Labute approximate surface area is 111 Å². The molecule has 0 aromatic carbocycles. The molecule has 0 radical (unpaired) electrons. The number of nitrogens with zero attached hydrogens (tertiary/aromatic N) is 3. The lowest BCUT2D eigenvalue weighted by Crippen LogP contribution is -2.26. The molecular formula is C13H17N3OS. The first-order chi connectivity index (χ1) is 8.75. The first-order valence-electron chi connectivity index (χ1n) is 6.35. The Morgan fingerprint density at radius 2 is 2.44 bits per heavy atom. The Kier molecular flexibility index (Phi) is 3.18. The van der Waals surface area contributed by atoms with Crippen LogP contribution in [-0.4, -0.2) is 21.6 Å². The summed E-state index contributed by atoms with van der Waals surface area (Å²) >= 11 is 1.83. The summed E-state index contributed by atoms with van der Waals surface area (Å²) in [4.78, 5) is 8.27. The molecule has 2 atom stereocenters. The van der Waals surface area contributed by atoms with Crippen molar-refractivity contribution in [2.75, 3.05) is 6.54 Å². The minimum Gasteiger partial charge on any atom is -0.338 e. The SMILES string of the molecule is Cc1noc([C@H](C)N2CCC[C@H]2c2cccs2)n1. The molecule has 4 nitrogen and oxygen atoms in total. The summed E-state index contributed by atoms with van der Waals surface area (Å²) in [5.74, 6) is 1.44. The molecule has 2 aromatic heterocycles. The summed E-state index contributed by atoms with van der Waals surface area (Å²) in [5.41, 5.74) is 0. The smallest absolute Gasteiger partial charge is 0.243 e. The van der Waals surface area contributed by atoms with Gasteiger partial charge in [0.2, 0.25) is 5.89 Å². The predicted molar refractivity (Wildman–Crippen MR) is 70.5 cm³/mol. The van der Waals surface area contributed by atoms with Gasteiger partial charge in [0.05, 0.1) is 6.04 Å². The number of aromatic nitrogens is 2. The second-order valence-electron chi connectivity index (χ2n) is 4.77. The molecule has 1 aliphatic rings. The minimum absolute atomic E-state index is 0.195. The monoisotopic (exact) mass is 263 g/mol. The Bertz CT molecular complexity index is 508. The van der Waals surface area contributed by atoms with Gasteiger partial charge in [0.25, 0.3) is 0 Å². The van der Waals surface area contributed by atoms with Crippen LogP contribution in [0.5, 0.6) is 0 Å². The third kappa shape index (κ3) is 2.08. The molecule has 0 N–H and O–H groups in total. The van der Waals surface area contributed by atoms with Gasteiger partial charge in [-0.1, -0.05) is 11.2 Å². The molecule has 5 heteroatoms. The van der Waals surface area contributed by atoms with Crippen LogP contribution in [0.3, 0.4) is 0 Å². The van der Waals surface area contributed by atoms with E-state index >= 15 is 0 Å². The summed E-state index contributed by atoms with van der Waals surface area (Å²) in [6.07, 6.45) is 2.46. The van der Waals surface area contributed by atoms with E-state index in [1.165, 1.54) is 17.7 Å². The molecule has 1 fully saturated rings. The van der Waals surface area contributed by atoms with Crippen molar-refractivity contribution in [1.82, 2.24) is 15.0 Å². The maximum absolute atomic E-state index is 5.30. The lowest BCUT2D eigenvalue weighted by Gasteiger charge is -2.27. The van der Waals surface area contributed by atoms with E-state index < -0.39 is 0 Å². The van der Waals surface area contributed by atoms with Crippen molar-refractivity contribution in [2.45, 2.75) is 38.8 Å². The van der Waals surface area contributed by atoms with Crippen molar-refractivity contribution < 1.29 is 4.52 Å². The third-order valence-corrected chi connectivity index (χ3v) is 4.54. The normalized spacial score (nSPS) is 22.4. The zero-order valence-electron chi connectivity index (χ0n) is 10.7. The highest BCUT2D eigenvalue weighted by Crippen LogP contribution is 2.39. The second kappa shape index (κ2) is 4.82. The van der Waals surface area contributed by atoms with E-state index in [2.05, 4.69) is 39.5 Å². The average Bonchev–Trinajstić information content (AvgIpc) is 3.08. The number of aryl methyl sites for hydroxylation is 1. The highest BCUT2D eigenvalue weighted by atomic mass is 32.1. The molecule has 0 aliphatic carbocycles. The number of likely N-dealkylation sites (tertiary alicyclic amines) is 1. The van der Waals surface area contributed by atoms with Crippen molar-refractivity contribution in [2.24, 2.45) is 0 Å². The van der Waals surface area contributed by atoms with Crippen LogP contribution in [0.25, 0.3) is 0 Å². The van der Waals surface area contributed by atoms with Gasteiger partial charge in [-0.15, -0.1) is 11.3 Å². The average molecular weight is 263 g/mol. The number of thiophene rings is 1. The van der Waals surface area contributed by atoms with E-state index in [0.29, 0.717) is 11.9 Å². The van der Waals surface area contributed by atoms with Crippen LogP contribution in [0.15, 0.2) is 22.0 Å². The fourth-order valence-electron chi connectivity index (χ4n) is 2.66. The molecule has 2 aromatic rings. The van der Waals surface area contributed by atoms with Gasteiger partial charge >= 0.3 is 0 Å². The maximum Gasteiger partial charge on any atom is 0.243 e. The van der Waals surface area contributed by atoms with Crippen LogP contribution < -0.4 is 0 Å². The Morgan fingerprint density at radius 3 is 3.11 bits per heavy atom. The maximum atomic E-state index is 5.30. The highest BCUT2D eigenvalue weighted by molar-refractivity contribution is 7.10. The van der Waals surface area contributed by atoms with E-state index in [4.69, 9.17) is 4.52 Å². The van der Waals surface area contributed by atoms with Crippen molar-refractivity contribution in [3.8, 4) is 0 Å². The number of rotatable bonds is 3. The molecule has 1 saturated heterocycles. The van der Waals surface area contributed by atoms with Gasteiger partial charge in [0, 0.05) is 10.9 Å². The van der Waals surface area contributed by atoms with Gasteiger partial charge < -0.3 is 4.52 Å². The minimum atomic E-state index is 0.195. The zero-order valence-corrected chi connectivity index (χ0v) is 11.5. The van der Waals surface area contributed by atoms with Crippen LogP contribution in [0, 0.1) is 6.92 Å². The zero-order chi connectivity index (χ0) is 12.5. The fourth-order valence-corrected chi connectivity index (χ4v) is 3.55. The molecule has 0 spiro atoms. The van der Waals surface area contributed by atoms with Gasteiger partial charge in [-0.25, -0.2) is 0 Å². The van der Waals surface area contributed by atoms with Crippen LogP contribution in [0.1, 0.15) is 48.4 Å². The van der Waals surface area contributed by atoms with E-state index in [0.717, 1.165) is 12.4 Å². The molecule has 0 bridgehead atoms. The van der Waals surface area contributed by atoms with Gasteiger partial charge in [0.15, 0.2) is 5.82 Å². The predicted octanol–water partition coefficient (Wildman–Crippen LogP) is 3.34. The molecule has 3 heterocycles. The van der Waals surface area contributed by atoms with Crippen LogP contribution in [0.4, 0.5) is 0 Å². The summed E-state index contributed by atoms with van der Waals surface area (Å²) < 4.78 is 5.30. The van der Waals surface area contributed by atoms with E-state index in [1.807, 2.05) is 18.3 Å². The van der Waals surface area contributed by atoms with Gasteiger partial charge in [-0.2, -0.15) is 4.98 Å². The Morgan fingerprint density at radius 1 is 1.56 bits per heavy atom. The van der Waals surface area contributed by atoms with Crippen LogP contribution in [0.2, 0.25) is 0 Å². The van der Waals surface area contributed by atoms with Crippen LogP contribution in [-0.2, 0) is 0 Å². The summed E-state index contributed by atoms with van der Waals surface area (Å²) in [6, 6.07) is 5.05. The standard InChI is InChI=1S/C13H17N3OS/c1-9(13-14-10(2)15-17-13)16-7-3-5-11(16)12-6-4-8-18-12/h4,6,8-9,11H,3,5,7H2,1-2H3/t9-,11-/m0/s1. The quantitative estimate of drug-likeness (QED) is 0.851. The van der Waals surface area contributed by atoms with Crippen molar-refractivity contribution in [3.05, 3.63) is 34.1 Å². The van der Waals surface area contributed by atoms with E-state index in [9.17, 15) is 0 Å². The molecular weight excluding hydrogens is 246 g/mol. The second-order valence-corrected chi connectivity index (χ2v) is 5.75. The molecule has 1 aliphatic heterocycles. The van der Waals surface area contributed by atoms with E-state index in [-0.39, 0.29) is 6.04 Å². The molecule has 0 saturated carbocycles. The van der Waals surface area contributed by atoms with Gasteiger partial charge in [-0.3, -0.25) is 4.90 Å². The summed E-state index contributed by atoms with van der Waals surface area (Å²) in [6.45, 7) is 5.12. The summed E-state index contributed by atoms with van der Waals surface area (Å²) in [5, 5.41) is 6.03. The largest absolute Gasteiger partial charge is 0.338 e. The lowest BCUT2D eigenvalue weighted by molar-refractivity contribution is 0.161. The van der Waals surface area contributed by atoms with Crippen LogP contribution >= 0.6 is 11.3 Å². The van der Waals surface area contributed by atoms with Crippen molar-refractivity contribution in [1.29, 1.82) is 0 Å². The molecule has 96 valence electrons. The third-order valence-electron chi connectivity index (χ3n) is 3.56. The van der Waals surface area contributed by atoms with Gasteiger partial charge in [-0.05, 0) is 44.7 Å².